The molecule has 7 nitrogen and oxygen atoms in total. The maximum absolute atomic E-state index is 11.4. The predicted molar refractivity (Wildman–Crippen MR) is 79.3 cm³/mol. The van der Waals surface area contributed by atoms with E-state index in [4.69, 9.17) is 10.9 Å². The molecular weight excluding hydrogens is 310 g/mol. The number of nitrogens with zero attached hydrogens (tertiary/aromatic N) is 3. The van der Waals surface area contributed by atoms with Crippen molar-refractivity contribution in [3.63, 3.8) is 0 Å². The third-order valence-corrected chi connectivity index (χ3v) is 4.74. The number of hydrogen-bond acceptors (Lipinski definition) is 6. The van der Waals surface area contributed by atoms with Gasteiger partial charge in [0.1, 0.15) is 0 Å². The molecule has 0 unspecified atom stereocenters. The van der Waals surface area contributed by atoms with Crippen molar-refractivity contribution in [2.24, 2.45) is 5.14 Å². The maximum atomic E-state index is 11.4. The second-order valence-electron chi connectivity index (χ2n) is 4.26. The molecule has 0 saturated heterocycles. The summed E-state index contributed by atoms with van der Waals surface area (Å²) in [6.45, 7) is 0. The van der Waals surface area contributed by atoms with Crippen molar-refractivity contribution in [3.05, 3.63) is 42.6 Å². The van der Waals surface area contributed by atoms with Gasteiger partial charge in [-0.2, -0.15) is 0 Å². The topological polar surface area (TPSA) is 116 Å². The summed E-state index contributed by atoms with van der Waals surface area (Å²) >= 11 is 1.22. The van der Waals surface area contributed by atoms with Crippen molar-refractivity contribution < 1.29 is 8.42 Å². The first-order chi connectivity index (χ1) is 9.95. The molecule has 0 aliphatic carbocycles. The molecule has 0 radical (unpaired) electrons. The quantitative estimate of drug-likeness (QED) is 0.698. The van der Waals surface area contributed by atoms with E-state index >= 15 is 0 Å². The molecule has 0 aliphatic heterocycles. The molecule has 0 saturated carbocycles. The molecular formula is C12H11N5O2S2. The van der Waals surface area contributed by atoms with Gasteiger partial charge in [-0.25, -0.2) is 13.6 Å². The average Bonchev–Trinajstić information content (AvgIpc) is 2.83. The average molecular weight is 321 g/mol. The highest BCUT2D eigenvalue weighted by Crippen LogP contribution is 2.32. The predicted octanol–water partition coefficient (Wildman–Crippen LogP) is 1.11. The summed E-state index contributed by atoms with van der Waals surface area (Å²) < 4.78 is 24.6. The number of nitrogen functional groups attached to an aromatic ring is 1. The lowest BCUT2D eigenvalue weighted by molar-refractivity contribution is 0.597. The molecule has 0 atom stereocenters. The van der Waals surface area contributed by atoms with Crippen molar-refractivity contribution in [2.75, 3.05) is 5.73 Å². The van der Waals surface area contributed by atoms with E-state index < -0.39 is 10.0 Å². The van der Waals surface area contributed by atoms with Crippen LogP contribution >= 0.6 is 11.8 Å². The van der Waals surface area contributed by atoms with E-state index in [2.05, 4.69) is 10.2 Å². The minimum atomic E-state index is -3.78. The molecule has 0 spiro atoms. The molecule has 1 aromatic carbocycles. The molecule has 9 heteroatoms. The zero-order chi connectivity index (χ0) is 15.0. The van der Waals surface area contributed by atoms with Crippen molar-refractivity contribution in [2.45, 2.75) is 14.9 Å². The SMILES string of the molecule is Nc1ccc(S(N)(=O)=O)cc1Sc1nnc2ccccn12. The van der Waals surface area contributed by atoms with Crippen LogP contribution in [0.5, 0.6) is 0 Å². The first kappa shape index (κ1) is 13.9. The van der Waals surface area contributed by atoms with E-state index in [-0.39, 0.29) is 4.90 Å². The Morgan fingerprint density at radius 1 is 1.14 bits per heavy atom. The Bertz CT molecular complexity index is 920. The fraction of sp³-hybridized carbons (Fsp3) is 0. The lowest BCUT2D eigenvalue weighted by Gasteiger charge is -2.06. The normalized spacial score (nSPS) is 11.9. The second-order valence-corrected chi connectivity index (χ2v) is 6.83. The Morgan fingerprint density at radius 2 is 1.95 bits per heavy atom. The fourth-order valence-corrected chi connectivity index (χ4v) is 3.28. The van der Waals surface area contributed by atoms with E-state index in [1.165, 1.54) is 30.0 Å². The summed E-state index contributed by atoms with van der Waals surface area (Å²) in [5.41, 5.74) is 7.02. The van der Waals surface area contributed by atoms with E-state index in [1.54, 1.807) is 4.40 Å². The fourth-order valence-electron chi connectivity index (χ4n) is 1.77. The third-order valence-electron chi connectivity index (χ3n) is 2.80. The van der Waals surface area contributed by atoms with Crippen LogP contribution in [0.3, 0.4) is 0 Å². The minimum absolute atomic E-state index is 0.00743. The Hall–Kier alpha value is -2.10. The van der Waals surface area contributed by atoms with E-state index in [0.717, 1.165) is 0 Å². The van der Waals surface area contributed by atoms with Crippen molar-refractivity contribution in [1.29, 1.82) is 0 Å². The highest BCUT2D eigenvalue weighted by molar-refractivity contribution is 7.99. The van der Waals surface area contributed by atoms with Crippen LogP contribution in [0.4, 0.5) is 5.69 Å². The summed E-state index contributed by atoms with van der Waals surface area (Å²) in [6, 6.07) is 9.83. The van der Waals surface area contributed by atoms with Crippen LogP contribution in [-0.2, 0) is 10.0 Å². The molecule has 108 valence electrons. The zero-order valence-corrected chi connectivity index (χ0v) is 12.3. The largest absolute Gasteiger partial charge is 0.398 e. The van der Waals surface area contributed by atoms with Crippen LogP contribution in [0.2, 0.25) is 0 Å². The number of primary sulfonamides is 1. The van der Waals surface area contributed by atoms with Gasteiger partial charge in [-0.1, -0.05) is 6.07 Å². The van der Waals surface area contributed by atoms with Crippen molar-refractivity contribution >= 4 is 33.1 Å². The maximum Gasteiger partial charge on any atom is 0.238 e. The monoisotopic (exact) mass is 321 g/mol. The first-order valence-electron chi connectivity index (χ1n) is 5.85. The molecule has 4 N–H and O–H groups in total. The second kappa shape index (κ2) is 5.02. The molecule has 0 aliphatic rings. The molecule has 0 fully saturated rings. The van der Waals surface area contributed by atoms with Gasteiger partial charge in [0.25, 0.3) is 0 Å². The number of aromatic nitrogens is 3. The Kier molecular flexibility index (Phi) is 3.32. The summed E-state index contributed by atoms with van der Waals surface area (Å²) in [7, 11) is -3.78. The summed E-state index contributed by atoms with van der Waals surface area (Å²) in [5, 5.41) is 13.8. The lowest BCUT2D eigenvalue weighted by atomic mass is 10.3. The summed E-state index contributed by atoms with van der Waals surface area (Å²) in [4.78, 5) is 0.563. The van der Waals surface area contributed by atoms with E-state index in [0.29, 0.717) is 21.4 Å². The van der Waals surface area contributed by atoms with Gasteiger partial charge in [0.2, 0.25) is 15.2 Å². The molecule has 3 rings (SSSR count). The van der Waals surface area contributed by atoms with Crippen molar-refractivity contribution in [1.82, 2.24) is 14.6 Å². The van der Waals surface area contributed by atoms with Crippen LogP contribution in [0.15, 0.2) is 57.5 Å². The lowest BCUT2D eigenvalue weighted by Crippen LogP contribution is -2.12. The Labute approximate surface area is 125 Å². The number of nitrogens with two attached hydrogens (primary N) is 2. The van der Waals surface area contributed by atoms with Crippen LogP contribution in [0.1, 0.15) is 0 Å². The number of hydrogen-bond donors (Lipinski definition) is 2. The molecule has 0 bridgehead atoms. The Balaban J connectivity index is 2.05. The Morgan fingerprint density at radius 3 is 2.71 bits per heavy atom. The molecule has 2 heterocycles. The third kappa shape index (κ3) is 2.71. The van der Waals surface area contributed by atoms with Crippen LogP contribution in [0, 0.1) is 0 Å². The van der Waals surface area contributed by atoms with Crippen LogP contribution in [0.25, 0.3) is 5.65 Å². The molecule has 3 aromatic rings. The van der Waals surface area contributed by atoms with E-state index in [1.807, 2.05) is 24.4 Å². The number of anilines is 1. The van der Waals surface area contributed by atoms with Crippen LogP contribution < -0.4 is 10.9 Å². The first-order valence-corrected chi connectivity index (χ1v) is 8.21. The number of sulfonamides is 1. The number of benzene rings is 1. The standard InChI is InChI=1S/C12H11N5O2S2/c13-9-5-4-8(21(14,18)19)7-10(9)20-12-16-15-11-3-1-2-6-17(11)12/h1-7H,13H2,(H2,14,18,19). The van der Waals surface area contributed by atoms with Gasteiger partial charge < -0.3 is 5.73 Å². The summed E-state index contributed by atoms with van der Waals surface area (Å²) in [5.74, 6) is 0. The van der Waals surface area contributed by atoms with Crippen molar-refractivity contribution in [3.8, 4) is 0 Å². The smallest absolute Gasteiger partial charge is 0.238 e. The molecule has 2 aromatic heterocycles. The zero-order valence-electron chi connectivity index (χ0n) is 10.7. The summed E-state index contributed by atoms with van der Waals surface area (Å²) in [6.07, 6.45) is 1.82. The highest BCUT2D eigenvalue weighted by atomic mass is 32.2. The van der Waals surface area contributed by atoms with Crippen LogP contribution in [-0.4, -0.2) is 23.0 Å². The number of pyridine rings is 1. The highest BCUT2D eigenvalue weighted by Gasteiger charge is 2.13. The van der Waals surface area contributed by atoms with Gasteiger partial charge in [-0.3, -0.25) is 4.40 Å². The van der Waals surface area contributed by atoms with Gasteiger partial charge in [0.05, 0.1) is 4.90 Å². The van der Waals surface area contributed by atoms with Gasteiger partial charge in [-0.15, -0.1) is 10.2 Å². The number of rotatable bonds is 3. The van der Waals surface area contributed by atoms with Gasteiger partial charge in [0.15, 0.2) is 5.65 Å². The molecule has 0 amide bonds. The van der Waals surface area contributed by atoms with E-state index in [9.17, 15) is 8.42 Å². The minimum Gasteiger partial charge on any atom is -0.398 e. The molecule has 21 heavy (non-hydrogen) atoms. The number of fused-ring (bicyclic) bond motifs is 1. The van der Waals surface area contributed by atoms with Gasteiger partial charge in [-0.05, 0) is 42.1 Å². The van der Waals surface area contributed by atoms with Gasteiger partial charge >= 0.3 is 0 Å². The van der Waals surface area contributed by atoms with Gasteiger partial charge in [0, 0.05) is 16.8 Å².